The molecule has 2 heterocycles. The molecule has 6 nitrogen and oxygen atoms in total. The fraction of sp³-hybridized carbons (Fsp3) is 0.857. The first kappa shape index (κ1) is 15.3. The van der Waals surface area contributed by atoms with E-state index < -0.39 is 12.2 Å². The minimum Gasteiger partial charge on any atom is -0.457 e. The van der Waals surface area contributed by atoms with Gasteiger partial charge in [0.15, 0.2) is 12.2 Å². The minimum atomic E-state index is -0.395. The molecule has 2 rings (SSSR count). The van der Waals surface area contributed by atoms with E-state index in [1.54, 1.807) is 0 Å². The van der Waals surface area contributed by atoms with Gasteiger partial charge in [0.1, 0.15) is 12.2 Å². The van der Waals surface area contributed by atoms with Crippen molar-refractivity contribution in [1.82, 2.24) is 0 Å². The van der Waals surface area contributed by atoms with Crippen molar-refractivity contribution in [3.8, 4) is 0 Å². The van der Waals surface area contributed by atoms with E-state index in [1.807, 2.05) is 13.8 Å². The molecule has 0 unspecified atom stereocenters. The second kappa shape index (κ2) is 7.04. The van der Waals surface area contributed by atoms with Crippen molar-refractivity contribution in [2.24, 2.45) is 0 Å². The summed E-state index contributed by atoms with van der Waals surface area (Å²) in [5, 5.41) is 0. The number of hydrogen-bond donors (Lipinski definition) is 0. The van der Waals surface area contributed by atoms with Gasteiger partial charge in [-0.3, -0.25) is 9.59 Å². The number of esters is 2. The summed E-state index contributed by atoms with van der Waals surface area (Å²) < 4.78 is 21.8. The van der Waals surface area contributed by atoms with E-state index in [0.29, 0.717) is 26.1 Å². The zero-order chi connectivity index (χ0) is 14.5. The van der Waals surface area contributed by atoms with Gasteiger partial charge in [-0.15, -0.1) is 0 Å². The molecule has 4 atom stereocenters. The first-order valence-corrected chi connectivity index (χ1v) is 7.27. The molecule has 0 amide bonds. The normalized spacial score (nSPS) is 31.9. The van der Waals surface area contributed by atoms with Crippen LogP contribution in [0.3, 0.4) is 0 Å². The molecule has 2 saturated heterocycles. The SMILES string of the molecule is CCCC(=O)O[C@H]1CO[C@H]2[C@@H]1OC[C@@H]2OC(=O)CCC. The molecule has 0 aromatic carbocycles. The third-order valence-electron chi connectivity index (χ3n) is 3.44. The van der Waals surface area contributed by atoms with Crippen molar-refractivity contribution in [2.75, 3.05) is 13.2 Å². The van der Waals surface area contributed by atoms with Crippen LogP contribution in [0.4, 0.5) is 0 Å². The van der Waals surface area contributed by atoms with Crippen molar-refractivity contribution >= 4 is 11.9 Å². The lowest BCUT2D eigenvalue weighted by molar-refractivity contribution is -0.155. The Labute approximate surface area is 118 Å². The van der Waals surface area contributed by atoms with E-state index in [0.717, 1.165) is 12.8 Å². The van der Waals surface area contributed by atoms with Gasteiger partial charge in [0.2, 0.25) is 0 Å². The molecule has 0 spiro atoms. The summed E-state index contributed by atoms with van der Waals surface area (Å²) in [6, 6.07) is 0. The summed E-state index contributed by atoms with van der Waals surface area (Å²) in [6.45, 7) is 4.44. The van der Waals surface area contributed by atoms with Crippen molar-refractivity contribution in [2.45, 2.75) is 63.9 Å². The Bertz CT molecular complexity index is 322. The Balaban J connectivity index is 1.84. The lowest BCUT2D eigenvalue weighted by atomic mass is 10.1. The highest BCUT2D eigenvalue weighted by Gasteiger charge is 2.51. The van der Waals surface area contributed by atoms with Crippen molar-refractivity contribution in [3.63, 3.8) is 0 Å². The van der Waals surface area contributed by atoms with E-state index in [1.165, 1.54) is 0 Å². The highest BCUT2D eigenvalue weighted by Crippen LogP contribution is 2.31. The van der Waals surface area contributed by atoms with Gasteiger partial charge in [0.05, 0.1) is 13.2 Å². The van der Waals surface area contributed by atoms with E-state index in [9.17, 15) is 9.59 Å². The maximum Gasteiger partial charge on any atom is 0.306 e. The van der Waals surface area contributed by atoms with Crippen molar-refractivity contribution in [1.29, 1.82) is 0 Å². The van der Waals surface area contributed by atoms with Gasteiger partial charge < -0.3 is 18.9 Å². The maximum absolute atomic E-state index is 11.5. The van der Waals surface area contributed by atoms with Crippen molar-refractivity contribution < 1.29 is 28.5 Å². The smallest absolute Gasteiger partial charge is 0.306 e. The first-order chi connectivity index (χ1) is 9.65. The van der Waals surface area contributed by atoms with E-state index in [4.69, 9.17) is 18.9 Å². The molecule has 20 heavy (non-hydrogen) atoms. The number of carbonyl (C=O) groups is 2. The zero-order valence-corrected chi connectivity index (χ0v) is 12.0. The predicted molar refractivity (Wildman–Crippen MR) is 69.1 cm³/mol. The molecule has 0 radical (unpaired) electrons. The molecule has 0 bridgehead atoms. The molecule has 114 valence electrons. The van der Waals surface area contributed by atoms with Gasteiger partial charge in [-0.2, -0.15) is 0 Å². The molecule has 2 fully saturated rings. The van der Waals surface area contributed by atoms with Gasteiger partial charge in [-0.05, 0) is 12.8 Å². The lowest BCUT2D eigenvalue weighted by Gasteiger charge is -2.17. The zero-order valence-electron chi connectivity index (χ0n) is 12.0. The second-order valence-corrected chi connectivity index (χ2v) is 5.15. The number of fused-ring (bicyclic) bond motifs is 1. The van der Waals surface area contributed by atoms with Crippen LogP contribution in [0.15, 0.2) is 0 Å². The highest BCUT2D eigenvalue weighted by atomic mass is 16.7. The average molecular weight is 286 g/mol. The Morgan fingerprint density at radius 3 is 1.65 bits per heavy atom. The molecular formula is C14H22O6. The summed E-state index contributed by atoms with van der Waals surface area (Å²) in [5.41, 5.74) is 0. The fourth-order valence-electron chi connectivity index (χ4n) is 2.49. The first-order valence-electron chi connectivity index (χ1n) is 7.27. The third kappa shape index (κ3) is 3.49. The predicted octanol–water partition coefficient (Wildman–Crippen LogP) is 1.21. The van der Waals surface area contributed by atoms with Gasteiger partial charge in [0.25, 0.3) is 0 Å². The second-order valence-electron chi connectivity index (χ2n) is 5.15. The lowest BCUT2D eigenvalue weighted by Crippen LogP contribution is -2.35. The minimum absolute atomic E-state index is 0.239. The summed E-state index contributed by atoms with van der Waals surface area (Å²) in [4.78, 5) is 23.0. The highest BCUT2D eigenvalue weighted by molar-refractivity contribution is 5.70. The Morgan fingerprint density at radius 2 is 1.30 bits per heavy atom. The quantitative estimate of drug-likeness (QED) is 0.683. The fourth-order valence-corrected chi connectivity index (χ4v) is 2.49. The molecule has 0 aromatic heterocycles. The third-order valence-corrected chi connectivity index (χ3v) is 3.44. The Kier molecular flexibility index (Phi) is 5.37. The van der Waals surface area contributed by atoms with Crippen LogP contribution in [-0.2, 0) is 28.5 Å². The average Bonchev–Trinajstić information content (AvgIpc) is 2.95. The van der Waals surface area contributed by atoms with Crippen LogP contribution < -0.4 is 0 Å². The topological polar surface area (TPSA) is 71.1 Å². The molecule has 2 aliphatic heterocycles. The van der Waals surface area contributed by atoms with Gasteiger partial charge in [0, 0.05) is 12.8 Å². The molecular weight excluding hydrogens is 264 g/mol. The van der Waals surface area contributed by atoms with E-state index in [-0.39, 0.29) is 24.1 Å². The molecule has 0 saturated carbocycles. The van der Waals surface area contributed by atoms with Gasteiger partial charge >= 0.3 is 11.9 Å². The Hall–Kier alpha value is -1.14. The molecule has 0 N–H and O–H groups in total. The van der Waals surface area contributed by atoms with Gasteiger partial charge in [-0.25, -0.2) is 0 Å². The number of hydrogen-bond acceptors (Lipinski definition) is 6. The molecule has 0 aliphatic carbocycles. The number of carbonyl (C=O) groups excluding carboxylic acids is 2. The monoisotopic (exact) mass is 286 g/mol. The molecule has 6 heteroatoms. The maximum atomic E-state index is 11.5. The van der Waals surface area contributed by atoms with Crippen LogP contribution in [0.2, 0.25) is 0 Å². The van der Waals surface area contributed by atoms with E-state index in [2.05, 4.69) is 0 Å². The summed E-state index contributed by atoms with van der Waals surface area (Å²) in [7, 11) is 0. The summed E-state index contributed by atoms with van der Waals surface area (Å²) in [5.74, 6) is -0.478. The van der Waals surface area contributed by atoms with Crippen LogP contribution >= 0.6 is 0 Å². The van der Waals surface area contributed by atoms with Crippen LogP contribution in [0.25, 0.3) is 0 Å². The molecule has 0 aromatic rings. The van der Waals surface area contributed by atoms with Crippen LogP contribution in [0, 0.1) is 0 Å². The van der Waals surface area contributed by atoms with Crippen LogP contribution in [0.5, 0.6) is 0 Å². The summed E-state index contributed by atoms with van der Waals surface area (Å²) >= 11 is 0. The summed E-state index contributed by atoms with van der Waals surface area (Å²) in [6.07, 6.45) is 0.844. The Morgan fingerprint density at radius 1 is 0.900 bits per heavy atom. The number of rotatable bonds is 6. The van der Waals surface area contributed by atoms with Crippen LogP contribution in [0.1, 0.15) is 39.5 Å². The molecule has 2 aliphatic rings. The van der Waals surface area contributed by atoms with Gasteiger partial charge in [-0.1, -0.05) is 13.8 Å². The van der Waals surface area contributed by atoms with Crippen molar-refractivity contribution in [3.05, 3.63) is 0 Å². The standard InChI is InChI=1S/C14H22O6/c1-3-5-11(15)19-9-7-17-14-10(8-18-13(9)14)20-12(16)6-4-2/h9-10,13-14H,3-8H2,1-2H3/t9-,10-,13+,14+/m0/s1. The van der Waals surface area contributed by atoms with Crippen LogP contribution in [-0.4, -0.2) is 49.6 Å². The number of ether oxygens (including phenoxy) is 4. The largest absolute Gasteiger partial charge is 0.457 e. The van der Waals surface area contributed by atoms with E-state index >= 15 is 0 Å².